The number of aromatic nitrogens is 2. The van der Waals surface area contributed by atoms with Gasteiger partial charge in [-0.25, -0.2) is 4.98 Å². The summed E-state index contributed by atoms with van der Waals surface area (Å²) in [5, 5.41) is 0. The Hall–Kier alpha value is -0.870. The van der Waals surface area contributed by atoms with E-state index in [1.165, 1.54) is 11.5 Å². The molecule has 3 rings (SSSR count). The third-order valence-electron chi connectivity index (χ3n) is 3.80. The predicted octanol–water partition coefficient (Wildman–Crippen LogP) is 2.32. The number of imidazole rings is 1. The molecule has 108 valence electrons. The number of ether oxygens (including phenoxy) is 1. The van der Waals surface area contributed by atoms with Crippen molar-refractivity contribution in [2.24, 2.45) is 5.41 Å². The van der Waals surface area contributed by atoms with Crippen molar-refractivity contribution in [3.05, 3.63) is 17.7 Å². The molecular formula is C15H27N3O. The highest BCUT2D eigenvalue weighted by atomic mass is 16.5. The van der Waals surface area contributed by atoms with Crippen molar-refractivity contribution in [3.8, 4) is 0 Å². The van der Waals surface area contributed by atoms with Gasteiger partial charge in [-0.1, -0.05) is 27.7 Å². The number of fused-ring (bicyclic) bond motifs is 1. The van der Waals surface area contributed by atoms with Crippen molar-refractivity contribution in [2.75, 3.05) is 26.3 Å². The van der Waals surface area contributed by atoms with Gasteiger partial charge in [0, 0.05) is 31.2 Å². The maximum atomic E-state index is 5.32. The summed E-state index contributed by atoms with van der Waals surface area (Å²) in [5.41, 5.74) is 1.60. The maximum absolute atomic E-state index is 5.32. The molecule has 4 heteroatoms. The average Bonchev–Trinajstić information content (AvgIpc) is 2.81. The van der Waals surface area contributed by atoms with Crippen LogP contribution in [0, 0.1) is 5.41 Å². The quantitative estimate of drug-likeness (QED) is 0.840. The zero-order valence-corrected chi connectivity index (χ0v) is 12.8. The molecule has 0 bridgehead atoms. The van der Waals surface area contributed by atoms with E-state index in [9.17, 15) is 0 Å². The molecule has 19 heavy (non-hydrogen) atoms. The van der Waals surface area contributed by atoms with Crippen LogP contribution in [0.4, 0.5) is 0 Å². The van der Waals surface area contributed by atoms with Crippen LogP contribution in [-0.2, 0) is 24.2 Å². The van der Waals surface area contributed by atoms with Crippen LogP contribution >= 0.6 is 0 Å². The zero-order chi connectivity index (χ0) is 13.9. The Morgan fingerprint density at radius 3 is 2.63 bits per heavy atom. The van der Waals surface area contributed by atoms with Gasteiger partial charge in [0.25, 0.3) is 0 Å². The van der Waals surface area contributed by atoms with E-state index in [0.717, 1.165) is 45.8 Å². The second-order valence-corrected chi connectivity index (χ2v) is 5.71. The first-order valence-electron chi connectivity index (χ1n) is 7.53. The summed E-state index contributed by atoms with van der Waals surface area (Å²) in [7, 11) is 0. The zero-order valence-electron chi connectivity index (χ0n) is 12.8. The second-order valence-electron chi connectivity index (χ2n) is 5.71. The minimum absolute atomic E-state index is 0.377. The Kier molecular flexibility index (Phi) is 4.63. The molecule has 0 aromatic carbocycles. The fraction of sp³-hybridized carbons (Fsp3) is 0.800. The van der Waals surface area contributed by atoms with Crippen molar-refractivity contribution in [3.63, 3.8) is 0 Å². The summed E-state index contributed by atoms with van der Waals surface area (Å²) in [6.07, 6.45) is 3.24. The minimum Gasteiger partial charge on any atom is -0.380 e. The van der Waals surface area contributed by atoms with Crippen LogP contribution in [0.3, 0.4) is 0 Å². The SMILES string of the molecule is CC.CCc1cn2c(n1)CN(CC1(C)COC1)CC2. The summed E-state index contributed by atoms with van der Waals surface area (Å²) >= 11 is 0. The predicted molar refractivity (Wildman–Crippen MR) is 77.2 cm³/mol. The summed E-state index contributed by atoms with van der Waals surface area (Å²) in [4.78, 5) is 7.20. The lowest BCUT2D eigenvalue weighted by atomic mass is 9.88. The third kappa shape index (κ3) is 3.18. The maximum Gasteiger partial charge on any atom is 0.123 e. The van der Waals surface area contributed by atoms with Crippen LogP contribution in [0.15, 0.2) is 6.20 Å². The highest BCUT2D eigenvalue weighted by Gasteiger charge is 2.36. The minimum atomic E-state index is 0.377. The van der Waals surface area contributed by atoms with Crippen LogP contribution in [0.5, 0.6) is 0 Å². The van der Waals surface area contributed by atoms with Crippen molar-refractivity contribution in [1.29, 1.82) is 0 Å². The smallest absolute Gasteiger partial charge is 0.123 e. The van der Waals surface area contributed by atoms with Crippen molar-refractivity contribution in [2.45, 2.75) is 47.2 Å². The van der Waals surface area contributed by atoms with Gasteiger partial charge < -0.3 is 9.30 Å². The monoisotopic (exact) mass is 265 g/mol. The Morgan fingerprint density at radius 2 is 2.05 bits per heavy atom. The van der Waals surface area contributed by atoms with Crippen LogP contribution in [0.2, 0.25) is 0 Å². The second kappa shape index (κ2) is 6.06. The molecule has 0 spiro atoms. The lowest BCUT2D eigenvalue weighted by molar-refractivity contribution is -0.117. The summed E-state index contributed by atoms with van der Waals surface area (Å²) < 4.78 is 7.64. The summed E-state index contributed by atoms with van der Waals surface area (Å²) in [6, 6.07) is 0. The van der Waals surface area contributed by atoms with E-state index in [-0.39, 0.29) is 0 Å². The molecule has 1 aromatic heterocycles. The molecule has 1 aromatic rings. The largest absolute Gasteiger partial charge is 0.380 e. The first-order valence-corrected chi connectivity index (χ1v) is 7.53. The molecule has 2 aliphatic rings. The number of hydrogen-bond donors (Lipinski definition) is 0. The molecule has 0 atom stereocenters. The highest BCUT2D eigenvalue weighted by Crippen LogP contribution is 2.28. The van der Waals surface area contributed by atoms with Gasteiger partial charge in [-0.3, -0.25) is 4.90 Å². The van der Waals surface area contributed by atoms with E-state index in [4.69, 9.17) is 4.74 Å². The Bertz CT molecular complexity index is 410. The van der Waals surface area contributed by atoms with E-state index >= 15 is 0 Å². The van der Waals surface area contributed by atoms with Gasteiger partial charge in [0.1, 0.15) is 5.82 Å². The molecule has 0 aliphatic carbocycles. The molecule has 0 amide bonds. The van der Waals surface area contributed by atoms with Gasteiger partial charge >= 0.3 is 0 Å². The molecule has 0 N–H and O–H groups in total. The average molecular weight is 265 g/mol. The molecule has 1 saturated heterocycles. The van der Waals surface area contributed by atoms with Gasteiger partial charge in [0.15, 0.2) is 0 Å². The fourth-order valence-corrected chi connectivity index (χ4v) is 2.75. The van der Waals surface area contributed by atoms with Crippen LogP contribution in [-0.4, -0.2) is 40.8 Å². The normalized spacial score (nSPS) is 21.1. The standard InChI is InChI=1S/C13H21N3O.C2H6/c1-3-11-6-16-5-4-15(7-12(16)14-11)8-13(2)9-17-10-13;1-2/h6H,3-5,7-10H2,1-2H3;1-2H3. The molecule has 0 saturated carbocycles. The molecule has 1 fully saturated rings. The van der Waals surface area contributed by atoms with Gasteiger partial charge in [-0.05, 0) is 6.42 Å². The molecule has 4 nitrogen and oxygen atoms in total. The van der Waals surface area contributed by atoms with E-state index in [1.807, 2.05) is 13.8 Å². The van der Waals surface area contributed by atoms with E-state index in [1.54, 1.807) is 0 Å². The molecule has 0 radical (unpaired) electrons. The molecule has 0 unspecified atom stereocenters. The highest BCUT2D eigenvalue weighted by molar-refractivity contribution is 5.06. The Balaban J connectivity index is 0.000000637. The summed E-state index contributed by atoms with van der Waals surface area (Å²) in [5.74, 6) is 1.23. The first-order chi connectivity index (χ1) is 9.18. The molecule has 3 heterocycles. The van der Waals surface area contributed by atoms with Gasteiger partial charge in [-0.2, -0.15) is 0 Å². The van der Waals surface area contributed by atoms with E-state index in [2.05, 4.69) is 34.5 Å². The number of rotatable bonds is 3. The van der Waals surface area contributed by atoms with Gasteiger partial charge in [0.05, 0.1) is 25.5 Å². The summed E-state index contributed by atoms with van der Waals surface area (Å²) in [6.45, 7) is 14.7. The van der Waals surface area contributed by atoms with E-state index in [0.29, 0.717) is 5.41 Å². The number of hydrogen-bond acceptors (Lipinski definition) is 3. The topological polar surface area (TPSA) is 30.3 Å². The Labute approximate surface area is 116 Å². The third-order valence-corrected chi connectivity index (χ3v) is 3.80. The fourth-order valence-electron chi connectivity index (χ4n) is 2.75. The van der Waals surface area contributed by atoms with Crippen molar-refractivity contribution >= 4 is 0 Å². The number of nitrogens with zero attached hydrogens (tertiary/aromatic N) is 3. The lowest BCUT2D eigenvalue weighted by Gasteiger charge is -2.42. The van der Waals surface area contributed by atoms with Crippen molar-refractivity contribution < 1.29 is 4.74 Å². The number of aryl methyl sites for hydroxylation is 1. The van der Waals surface area contributed by atoms with Gasteiger partial charge in [0.2, 0.25) is 0 Å². The first kappa shape index (κ1) is 14.5. The lowest BCUT2D eigenvalue weighted by Crippen LogP contribution is -2.50. The Morgan fingerprint density at radius 1 is 1.32 bits per heavy atom. The molecule has 2 aliphatic heterocycles. The van der Waals surface area contributed by atoms with Crippen LogP contribution in [0.25, 0.3) is 0 Å². The van der Waals surface area contributed by atoms with Gasteiger partial charge in [-0.15, -0.1) is 0 Å². The van der Waals surface area contributed by atoms with E-state index < -0.39 is 0 Å². The van der Waals surface area contributed by atoms with Crippen molar-refractivity contribution in [1.82, 2.24) is 14.5 Å². The molecular weight excluding hydrogens is 238 g/mol. The van der Waals surface area contributed by atoms with Crippen LogP contribution < -0.4 is 0 Å². The van der Waals surface area contributed by atoms with Crippen LogP contribution in [0.1, 0.15) is 39.2 Å².